The van der Waals surface area contributed by atoms with Crippen LogP contribution in [-0.4, -0.2) is 75.1 Å². The van der Waals surface area contributed by atoms with Gasteiger partial charge in [-0.3, -0.25) is 19.7 Å². The van der Waals surface area contributed by atoms with Crippen molar-refractivity contribution in [1.82, 2.24) is 14.6 Å². The number of nitro benzene ring substituents is 1. The van der Waals surface area contributed by atoms with Crippen LogP contribution in [0.1, 0.15) is 18.2 Å². The molecule has 1 aromatic heterocycles. The summed E-state index contributed by atoms with van der Waals surface area (Å²) in [6.07, 6.45) is -3.68. The smallest absolute Gasteiger partial charge is 0.731 e. The Balaban J connectivity index is 0.00000588. The first kappa shape index (κ1) is 33.3. The molecule has 0 saturated carbocycles. The van der Waals surface area contributed by atoms with Crippen LogP contribution in [0.5, 0.6) is 0 Å². The summed E-state index contributed by atoms with van der Waals surface area (Å²) in [6, 6.07) is 5.17. The quantitative estimate of drug-likeness (QED) is 0.0406. The molecule has 2 aromatic rings. The number of β-lactam (4-membered cyclic amide) rings is 1. The van der Waals surface area contributed by atoms with Crippen molar-refractivity contribution in [2.45, 2.75) is 25.3 Å². The van der Waals surface area contributed by atoms with Crippen molar-refractivity contribution < 1.29 is 80.9 Å². The maximum absolute atomic E-state index is 13.0. The monoisotopic (exact) mass is 623 g/mol. The molecule has 1 saturated heterocycles. The topological polar surface area (TPSA) is 289 Å². The normalized spacial score (nSPS) is 18.4. The molecule has 1 aromatic carbocycles. The SMILES string of the molecule is C[C@@]1(NC(=O)/C(=N\OCC(=O)OCc2ccc([N+](=O)[O-])cc2)c2csc(N)n2)C(=O)N(S(=O)(=O)[O-])[C@H]1OC(N)=O.[Na+]. The van der Waals surface area contributed by atoms with Crippen molar-refractivity contribution >= 4 is 62.0 Å². The molecule has 1 aliphatic rings. The Morgan fingerprint density at radius 1 is 1.29 bits per heavy atom. The fraction of sp³-hybridized carbons (Fsp3) is 0.263. The number of carbonyl (C=O) groups excluding carboxylic acids is 4. The summed E-state index contributed by atoms with van der Waals surface area (Å²) in [7, 11) is -5.46. The van der Waals surface area contributed by atoms with Crippen molar-refractivity contribution in [2.24, 2.45) is 10.9 Å². The summed E-state index contributed by atoms with van der Waals surface area (Å²) >= 11 is 0.884. The van der Waals surface area contributed by atoms with Gasteiger partial charge in [0.15, 0.2) is 26.7 Å². The first-order valence-electron chi connectivity index (χ1n) is 10.5. The van der Waals surface area contributed by atoms with Gasteiger partial charge in [0.2, 0.25) is 12.8 Å². The van der Waals surface area contributed by atoms with Gasteiger partial charge in [0, 0.05) is 17.5 Å². The number of non-ortho nitro benzene ring substituents is 1. The Morgan fingerprint density at radius 2 is 1.93 bits per heavy atom. The number of aromatic nitrogens is 1. The predicted octanol–water partition coefficient (Wildman–Crippen LogP) is -4.30. The number of anilines is 1. The molecule has 22 heteroatoms. The molecular weight excluding hydrogens is 605 g/mol. The fourth-order valence-corrected chi connectivity index (χ4v) is 4.61. The second kappa shape index (κ2) is 13.2. The van der Waals surface area contributed by atoms with Gasteiger partial charge in [0.25, 0.3) is 17.5 Å². The molecule has 5 N–H and O–H groups in total. The molecule has 3 amide bonds. The molecule has 0 spiro atoms. The van der Waals surface area contributed by atoms with E-state index in [0.717, 1.165) is 18.3 Å². The number of nitrogen functional groups attached to an aromatic ring is 1. The minimum Gasteiger partial charge on any atom is -0.731 e. The minimum atomic E-state index is -5.46. The van der Waals surface area contributed by atoms with E-state index in [4.69, 9.17) is 21.0 Å². The van der Waals surface area contributed by atoms with Gasteiger partial charge in [0.05, 0.1) is 4.92 Å². The molecule has 2 heterocycles. The molecule has 0 radical (unpaired) electrons. The summed E-state index contributed by atoms with van der Waals surface area (Å²) in [5.41, 5.74) is 7.63. The maximum atomic E-state index is 13.0. The Bertz CT molecular complexity index is 1500. The molecule has 1 fully saturated rings. The minimum absolute atomic E-state index is 0. The Kier molecular flexibility index (Phi) is 10.7. The number of hydrogen-bond acceptors (Lipinski definition) is 16. The summed E-state index contributed by atoms with van der Waals surface area (Å²) in [5.74, 6) is -3.64. The molecule has 2 atom stereocenters. The van der Waals surface area contributed by atoms with Crippen LogP contribution in [0.25, 0.3) is 0 Å². The van der Waals surface area contributed by atoms with E-state index in [2.05, 4.69) is 20.2 Å². The summed E-state index contributed by atoms with van der Waals surface area (Å²) in [5, 5.41) is 17.6. The fourth-order valence-electron chi connectivity index (χ4n) is 3.18. The Morgan fingerprint density at radius 3 is 2.44 bits per heavy atom. The summed E-state index contributed by atoms with van der Waals surface area (Å²) in [4.78, 5) is 67.6. The molecule has 214 valence electrons. The van der Waals surface area contributed by atoms with Crippen molar-refractivity contribution in [3.05, 3.63) is 51.0 Å². The molecule has 0 aliphatic carbocycles. The largest absolute Gasteiger partial charge is 1.00 e. The van der Waals surface area contributed by atoms with Crippen LogP contribution < -0.4 is 46.3 Å². The number of hydrogen-bond donors (Lipinski definition) is 3. The van der Waals surface area contributed by atoms with Crippen LogP contribution in [-0.2, 0) is 45.6 Å². The molecule has 41 heavy (non-hydrogen) atoms. The van der Waals surface area contributed by atoms with Crippen molar-refractivity contribution in [3.8, 4) is 0 Å². The zero-order chi connectivity index (χ0) is 29.8. The standard InChI is InChI=1S/C19H19N7O12S2.Na/c1-19(15(29)25(40(33,34)35)16(19)38-18(21)30)23-14(28)13(11-8-39-17(20)22-11)24-37-7-12(27)36-6-9-2-4-10(5-3-9)26(31)32;/h2-5,8,16H,6-7H2,1H3,(H2,20,22)(H2,21,30)(H,23,28)(H,33,34,35);/q;+1/p-1/b24-13-;/t16-,19+;/m0./s1. The number of nitrogens with zero attached hydrogens (tertiary/aromatic N) is 4. The van der Waals surface area contributed by atoms with E-state index in [9.17, 15) is 42.3 Å². The molecule has 0 bridgehead atoms. The van der Waals surface area contributed by atoms with E-state index in [1.54, 1.807) is 0 Å². The first-order chi connectivity index (χ1) is 18.6. The van der Waals surface area contributed by atoms with Crippen molar-refractivity contribution in [2.75, 3.05) is 12.3 Å². The zero-order valence-corrected chi connectivity index (χ0v) is 24.7. The first-order valence-corrected chi connectivity index (χ1v) is 12.8. The van der Waals surface area contributed by atoms with Crippen molar-refractivity contribution in [1.29, 1.82) is 0 Å². The van der Waals surface area contributed by atoms with Gasteiger partial charge in [-0.1, -0.05) is 5.16 Å². The van der Waals surface area contributed by atoms with Crippen LogP contribution in [0.4, 0.5) is 15.6 Å². The number of thiazole rings is 1. The maximum Gasteiger partial charge on any atom is 1.00 e. The van der Waals surface area contributed by atoms with Crippen molar-refractivity contribution in [3.63, 3.8) is 0 Å². The molecular formula is C19H18N7NaO12S2. The number of benzene rings is 1. The van der Waals surface area contributed by atoms with E-state index >= 15 is 0 Å². The average Bonchev–Trinajstić information content (AvgIpc) is 3.29. The predicted molar refractivity (Wildman–Crippen MR) is 129 cm³/mol. The number of primary amides is 1. The number of amides is 3. The third kappa shape index (κ3) is 7.86. The van der Waals surface area contributed by atoms with Crippen LogP contribution in [0, 0.1) is 10.1 Å². The number of esters is 1. The van der Waals surface area contributed by atoms with Crippen LogP contribution >= 0.6 is 11.3 Å². The number of nitrogens with one attached hydrogen (secondary N) is 1. The van der Waals surface area contributed by atoms with E-state index < -0.39 is 63.2 Å². The van der Waals surface area contributed by atoms with Gasteiger partial charge < -0.3 is 35.6 Å². The molecule has 0 unspecified atom stereocenters. The molecule has 3 rings (SSSR count). The van der Waals surface area contributed by atoms with Gasteiger partial charge in [-0.05, 0) is 24.6 Å². The van der Waals surface area contributed by atoms with Crippen LogP contribution in [0.15, 0.2) is 34.8 Å². The third-order valence-corrected chi connectivity index (χ3v) is 6.57. The third-order valence-electron chi connectivity index (χ3n) is 5.06. The number of ether oxygens (including phenoxy) is 2. The van der Waals surface area contributed by atoms with Gasteiger partial charge in [-0.25, -0.2) is 27.3 Å². The van der Waals surface area contributed by atoms with Crippen LogP contribution in [0.3, 0.4) is 0 Å². The Labute approximate surface area is 256 Å². The number of rotatable bonds is 11. The van der Waals surface area contributed by atoms with E-state index in [0.29, 0.717) is 5.56 Å². The Hall–Kier alpha value is -3.89. The molecule has 19 nitrogen and oxygen atoms in total. The number of oxime groups is 1. The molecule has 1 aliphatic heterocycles. The zero-order valence-electron chi connectivity index (χ0n) is 21.0. The van der Waals surface area contributed by atoms with Gasteiger partial charge in [-0.15, -0.1) is 11.3 Å². The van der Waals surface area contributed by atoms with E-state index in [1.165, 1.54) is 29.6 Å². The number of nitrogens with two attached hydrogens (primary N) is 2. The second-order valence-electron chi connectivity index (χ2n) is 7.87. The average molecular weight is 624 g/mol. The van der Waals surface area contributed by atoms with Crippen LogP contribution in [0.2, 0.25) is 0 Å². The van der Waals surface area contributed by atoms with E-state index in [-0.39, 0.29) is 57.0 Å². The summed E-state index contributed by atoms with van der Waals surface area (Å²) in [6.45, 7) is -0.137. The number of carbonyl (C=O) groups is 4. The van der Waals surface area contributed by atoms with Gasteiger partial charge in [0.1, 0.15) is 12.3 Å². The summed E-state index contributed by atoms with van der Waals surface area (Å²) < 4.78 is 43.4. The van der Waals surface area contributed by atoms with Gasteiger partial charge >= 0.3 is 41.6 Å². The van der Waals surface area contributed by atoms with E-state index in [1.807, 2.05) is 0 Å². The number of nitro groups is 1. The van der Waals surface area contributed by atoms with Gasteiger partial charge in [-0.2, -0.15) is 0 Å². The second-order valence-corrected chi connectivity index (χ2v) is 10.0.